The van der Waals surface area contributed by atoms with Crippen LogP contribution in [-0.2, 0) is 4.74 Å². The fourth-order valence-corrected chi connectivity index (χ4v) is 1.92. The molecule has 0 radical (unpaired) electrons. The molecule has 2 aromatic rings. The second-order valence-electron chi connectivity index (χ2n) is 4.72. The molecule has 1 N–H and O–H groups in total. The summed E-state index contributed by atoms with van der Waals surface area (Å²) in [5.41, 5.74) is 1.14. The monoisotopic (exact) mass is 303 g/mol. The Labute approximate surface area is 130 Å². The zero-order valence-corrected chi connectivity index (χ0v) is 13.1. The van der Waals surface area contributed by atoms with E-state index in [9.17, 15) is 0 Å². The van der Waals surface area contributed by atoms with E-state index in [1.807, 2.05) is 24.3 Å². The first-order valence-corrected chi connectivity index (χ1v) is 7.07. The number of rotatable bonds is 8. The topological polar surface area (TPSA) is 65.5 Å². The van der Waals surface area contributed by atoms with Gasteiger partial charge in [0.25, 0.3) is 0 Å². The Hall–Kier alpha value is -2.34. The van der Waals surface area contributed by atoms with Crippen molar-refractivity contribution in [1.29, 1.82) is 0 Å². The van der Waals surface area contributed by atoms with Crippen molar-refractivity contribution >= 4 is 5.82 Å². The molecule has 0 spiro atoms. The van der Waals surface area contributed by atoms with E-state index in [4.69, 9.17) is 14.2 Å². The zero-order valence-electron chi connectivity index (χ0n) is 13.1. The highest BCUT2D eigenvalue weighted by molar-refractivity contribution is 5.41. The highest BCUT2D eigenvalue weighted by atomic mass is 16.5. The minimum atomic E-state index is 0.104. The second-order valence-corrected chi connectivity index (χ2v) is 4.72. The number of aromatic nitrogens is 2. The number of hydrogen-bond donors (Lipinski definition) is 1. The predicted molar refractivity (Wildman–Crippen MR) is 84.4 cm³/mol. The third-order valence-corrected chi connectivity index (χ3v) is 3.16. The van der Waals surface area contributed by atoms with Gasteiger partial charge in [-0.15, -0.1) is 0 Å². The van der Waals surface area contributed by atoms with Crippen molar-refractivity contribution in [1.82, 2.24) is 9.97 Å². The third-order valence-electron chi connectivity index (χ3n) is 3.16. The summed E-state index contributed by atoms with van der Waals surface area (Å²) in [6.07, 6.45) is 1.48. The molecule has 1 aromatic carbocycles. The van der Waals surface area contributed by atoms with E-state index in [2.05, 4.69) is 22.2 Å². The van der Waals surface area contributed by atoms with Crippen LogP contribution in [0, 0.1) is 0 Å². The summed E-state index contributed by atoms with van der Waals surface area (Å²) in [7, 11) is 3.29. The molecule has 0 aliphatic heterocycles. The predicted octanol–water partition coefficient (Wildman–Crippen LogP) is 2.68. The van der Waals surface area contributed by atoms with Crippen molar-refractivity contribution in [3.05, 3.63) is 42.2 Å². The van der Waals surface area contributed by atoms with Crippen LogP contribution < -0.4 is 14.8 Å². The molecule has 0 aliphatic rings. The summed E-state index contributed by atoms with van der Waals surface area (Å²) in [5, 5.41) is 3.32. The van der Waals surface area contributed by atoms with Crippen molar-refractivity contribution in [2.24, 2.45) is 0 Å². The fraction of sp³-hybridized carbons (Fsp3) is 0.375. The van der Waals surface area contributed by atoms with Gasteiger partial charge in [0.2, 0.25) is 5.88 Å². The molecule has 6 nitrogen and oxygen atoms in total. The lowest BCUT2D eigenvalue weighted by Gasteiger charge is -2.15. The van der Waals surface area contributed by atoms with Gasteiger partial charge in [0, 0.05) is 19.2 Å². The summed E-state index contributed by atoms with van der Waals surface area (Å²) in [5.74, 6) is 2.08. The number of ether oxygens (including phenoxy) is 3. The normalized spacial score (nSPS) is 11.8. The van der Waals surface area contributed by atoms with Crippen LogP contribution in [0.4, 0.5) is 5.82 Å². The molecule has 118 valence electrons. The number of benzene rings is 1. The molecule has 1 aromatic heterocycles. The SMILES string of the molecule is COCCOc1cc(NC(C)c2ccc(OC)cc2)ncn1. The van der Waals surface area contributed by atoms with Crippen molar-refractivity contribution in [2.75, 3.05) is 32.8 Å². The van der Waals surface area contributed by atoms with E-state index in [1.165, 1.54) is 6.33 Å². The van der Waals surface area contributed by atoms with Crippen LogP contribution in [0.3, 0.4) is 0 Å². The number of anilines is 1. The van der Waals surface area contributed by atoms with Gasteiger partial charge in [0.15, 0.2) is 0 Å². The van der Waals surface area contributed by atoms with Crippen LogP contribution in [0.2, 0.25) is 0 Å². The van der Waals surface area contributed by atoms with Gasteiger partial charge in [-0.25, -0.2) is 9.97 Å². The Morgan fingerprint density at radius 3 is 2.55 bits per heavy atom. The van der Waals surface area contributed by atoms with Crippen LogP contribution >= 0.6 is 0 Å². The Balaban J connectivity index is 1.98. The Bertz CT molecular complexity index is 575. The molecule has 0 aliphatic carbocycles. The average Bonchev–Trinajstić information content (AvgIpc) is 2.55. The van der Waals surface area contributed by atoms with E-state index in [0.29, 0.717) is 24.9 Å². The minimum Gasteiger partial charge on any atom is -0.497 e. The highest BCUT2D eigenvalue weighted by Crippen LogP contribution is 2.21. The van der Waals surface area contributed by atoms with Crippen molar-refractivity contribution < 1.29 is 14.2 Å². The summed E-state index contributed by atoms with van der Waals surface area (Å²) < 4.78 is 15.6. The average molecular weight is 303 g/mol. The second kappa shape index (κ2) is 8.19. The lowest BCUT2D eigenvalue weighted by Crippen LogP contribution is -2.09. The molecule has 0 bridgehead atoms. The Morgan fingerprint density at radius 1 is 1.09 bits per heavy atom. The molecule has 2 rings (SSSR count). The lowest BCUT2D eigenvalue weighted by molar-refractivity contribution is 0.143. The fourth-order valence-electron chi connectivity index (χ4n) is 1.92. The first kappa shape index (κ1) is 16.0. The molecule has 0 fully saturated rings. The lowest BCUT2D eigenvalue weighted by atomic mass is 10.1. The van der Waals surface area contributed by atoms with E-state index in [1.54, 1.807) is 20.3 Å². The van der Waals surface area contributed by atoms with Crippen molar-refractivity contribution in [3.63, 3.8) is 0 Å². The first-order valence-electron chi connectivity index (χ1n) is 7.07. The molecular weight excluding hydrogens is 282 g/mol. The van der Waals surface area contributed by atoms with Crippen molar-refractivity contribution in [2.45, 2.75) is 13.0 Å². The number of nitrogens with one attached hydrogen (secondary N) is 1. The van der Waals surface area contributed by atoms with Gasteiger partial charge < -0.3 is 19.5 Å². The Morgan fingerprint density at radius 2 is 1.86 bits per heavy atom. The van der Waals surface area contributed by atoms with E-state index < -0.39 is 0 Å². The smallest absolute Gasteiger partial charge is 0.218 e. The van der Waals surface area contributed by atoms with E-state index in [-0.39, 0.29) is 6.04 Å². The van der Waals surface area contributed by atoms with Gasteiger partial charge in [-0.1, -0.05) is 12.1 Å². The molecule has 1 heterocycles. The minimum absolute atomic E-state index is 0.104. The number of nitrogens with zero attached hydrogens (tertiary/aromatic N) is 2. The molecule has 1 unspecified atom stereocenters. The van der Waals surface area contributed by atoms with Gasteiger partial charge in [0.05, 0.1) is 13.7 Å². The van der Waals surface area contributed by atoms with Crippen LogP contribution in [-0.4, -0.2) is 37.4 Å². The van der Waals surface area contributed by atoms with Crippen LogP contribution in [0.5, 0.6) is 11.6 Å². The quantitative estimate of drug-likeness (QED) is 0.756. The number of methoxy groups -OCH3 is 2. The van der Waals surface area contributed by atoms with E-state index in [0.717, 1.165) is 11.3 Å². The largest absolute Gasteiger partial charge is 0.497 e. The molecule has 0 saturated carbocycles. The summed E-state index contributed by atoms with van der Waals surface area (Å²) in [6, 6.07) is 9.80. The summed E-state index contributed by atoms with van der Waals surface area (Å²) in [4.78, 5) is 8.28. The molecule has 0 saturated heterocycles. The maximum absolute atomic E-state index is 5.47. The van der Waals surface area contributed by atoms with Gasteiger partial charge in [-0.3, -0.25) is 0 Å². The maximum atomic E-state index is 5.47. The van der Waals surface area contributed by atoms with Crippen molar-refractivity contribution in [3.8, 4) is 11.6 Å². The maximum Gasteiger partial charge on any atom is 0.218 e. The van der Waals surface area contributed by atoms with Crippen LogP contribution in [0.25, 0.3) is 0 Å². The first-order chi connectivity index (χ1) is 10.7. The Kier molecular flexibility index (Phi) is 5.97. The van der Waals surface area contributed by atoms with Gasteiger partial charge in [-0.2, -0.15) is 0 Å². The highest BCUT2D eigenvalue weighted by Gasteiger charge is 2.07. The van der Waals surface area contributed by atoms with Crippen LogP contribution in [0.1, 0.15) is 18.5 Å². The molecule has 1 atom stereocenters. The standard InChI is InChI=1S/C16H21N3O3/c1-12(13-4-6-14(21-3)7-5-13)19-15-10-16(18-11-17-15)22-9-8-20-2/h4-7,10-12H,8-9H2,1-3H3,(H,17,18,19). The summed E-state index contributed by atoms with van der Waals surface area (Å²) in [6.45, 7) is 3.05. The third kappa shape index (κ3) is 4.60. The molecule has 6 heteroatoms. The van der Waals surface area contributed by atoms with Gasteiger partial charge >= 0.3 is 0 Å². The molecular formula is C16H21N3O3. The van der Waals surface area contributed by atoms with Gasteiger partial charge in [0.1, 0.15) is 24.5 Å². The van der Waals surface area contributed by atoms with Gasteiger partial charge in [-0.05, 0) is 24.6 Å². The molecule has 0 amide bonds. The van der Waals surface area contributed by atoms with Crippen LogP contribution in [0.15, 0.2) is 36.7 Å². The zero-order chi connectivity index (χ0) is 15.8. The number of hydrogen-bond acceptors (Lipinski definition) is 6. The summed E-state index contributed by atoms with van der Waals surface area (Å²) >= 11 is 0. The molecule has 22 heavy (non-hydrogen) atoms. The van der Waals surface area contributed by atoms with E-state index >= 15 is 0 Å².